The summed E-state index contributed by atoms with van der Waals surface area (Å²) in [4.78, 5) is 59.6. The number of amides is 4. The average Bonchev–Trinajstić information content (AvgIpc) is 2.88. The highest BCUT2D eigenvalue weighted by molar-refractivity contribution is 5.96. The van der Waals surface area contributed by atoms with Crippen LogP contribution in [0, 0.1) is 5.82 Å². The maximum atomic E-state index is 13.7. The number of anilines is 1. The monoisotopic (exact) mass is 480 g/mol. The van der Waals surface area contributed by atoms with Gasteiger partial charge in [0.05, 0.1) is 18.7 Å². The highest BCUT2D eigenvalue weighted by Crippen LogP contribution is 2.33. The predicted octanol–water partition coefficient (Wildman–Crippen LogP) is 0.656. The summed E-state index contributed by atoms with van der Waals surface area (Å²) in [6, 6.07) is 3.03. The Labute approximate surface area is 196 Å². The lowest BCUT2D eigenvalue weighted by molar-refractivity contribution is -0.128. The number of benzene rings is 1. The van der Waals surface area contributed by atoms with Crippen molar-refractivity contribution in [2.45, 2.75) is 45.3 Å². The van der Waals surface area contributed by atoms with Crippen LogP contribution in [0.25, 0.3) is 0 Å². The number of aldehydes is 1. The van der Waals surface area contributed by atoms with Gasteiger partial charge in [-0.2, -0.15) is 0 Å². The smallest absolute Gasteiger partial charge is 0.407 e. The topological polar surface area (TPSA) is 143 Å². The van der Waals surface area contributed by atoms with Gasteiger partial charge in [0.15, 0.2) is 0 Å². The molecule has 186 valence electrons. The molecule has 1 aromatic carbocycles. The van der Waals surface area contributed by atoms with Crippen LogP contribution in [0.15, 0.2) is 18.2 Å². The lowest BCUT2D eigenvalue weighted by Crippen LogP contribution is -2.47. The van der Waals surface area contributed by atoms with Crippen LogP contribution in [-0.2, 0) is 23.9 Å². The van der Waals surface area contributed by atoms with E-state index >= 15 is 0 Å². The molecule has 1 aromatic rings. The standard InChI is InChI=1S/C22H29FN4O7/c1-14-12-20(30)27(18-13-16(23)5-6-19(18)34-14)9-11-33-22(32)25-8-7-24-21(31)17(4-3-10-28)26-15(2)29/h5-6,10,13-14,17H,3-4,7-9,11-12H2,1-2H3,(H,24,31)(H,25,32)(H,26,29)/t14-,17?/m1/s1. The van der Waals surface area contributed by atoms with Crippen molar-refractivity contribution in [2.24, 2.45) is 0 Å². The zero-order valence-electron chi connectivity index (χ0n) is 19.1. The first-order valence-electron chi connectivity index (χ1n) is 10.9. The van der Waals surface area contributed by atoms with Crippen molar-refractivity contribution in [1.82, 2.24) is 16.0 Å². The molecule has 4 amide bonds. The molecule has 34 heavy (non-hydrogen) atoms. The average molecular weight is 480 g/mol. The van der Waals surface area contributed by atoms with Gasteiger partial charge in [-0.15, -0.1) is 0 Å². The minimum Gasteiger partial charge on any atom is -0.488 e. The summed E-state index contributed by atoms with van der Waals surface area (Å²) in [5, 5.41) is 7.46. The second-order valence-corrected chi connectivity index (χ2v) is 7.64. The zero-order chi connectivity index (χ0) is 25.1. The fourth-order valence-electron chi connectivity index (χ4n) is 3.30. The lowest BCUT2D eigenvalue weighted by Gasteiger charge is -2.21. The minimum absolute atomic E-state index is 0.00461. The molecule has 1 aliphatic rings. The van der Waals surface area contributed by atoms with Gasteiger partial charge in [-0.3, -0.25) is 14.4 Å². The number of hydrogen-bond donors (Lipinski definition) is 3. The lowest BCUT2D eigenvalue weighted by atomic mass is 10.1. The Kier molecular flexibility index (Phi) is 10.2. The van der Waals surface area contributed by atoms with E-state index in [9.17, 15) is 28.4 Å². The van der Waals surface area contributed by atoms with E-state index in [4.69, 9.17) is 9.47 Å². The van der Waals surface area contributed by atoms with Crippen molar-refractivity contribution in [3.8, 4) is 5.75 Å². The fourth-order valence-corrected chi connectivity index (χ4v) is 3.30. The number of fused-ring (bicyclic) bond motifs is 1. The first kappa shape index (κ1) is 26.6. The van der Waals surface area contributed by atoms with Crippen molar-refractivity contribution in [3.63, 3.8) is 0 Å². The molecule has 0 aromatic heterocycles. The van der Waals surface area contributed by atoms with Crippen LogP contribution in [0.1, 0.15) is 33.1 Å². The van der Waals surface area contributed by atoms with E-state index in [1.54, 1.807) is 6.92 Å². The number of nitrogens with zero attached hydrogens (tertiary/aromatic N) is 1. The van der Waals surface area contributed by atoms with Crippen LogP contribution in [-0.4, -0.2) is 68.5 Å². The van der Waals surface area contributed by atoms with E-state index in [0.717, 1.165) is 0 Å². The maximum Gasteiger partial charge on any atom is 0.407 e. The number of rotatable bonds is 11. The van der Waals surface area contributed by atoms with Crippen molar-refractivity contribution in [3.05, 3.63) is 24.0 Å². The Morgan fingerprint density at radius 3 is 2.74 bits per heavy atom. The van der Waals surface area contributed by atoms with Gasteiger partial charge < -0.3 is 35.1 Å². The predicted molar refractivity (Wildman–Crippen MR) is 119 cm³/mol. The number of carbonyl (C=O) groups is 5. The molecule has 0 fully saturated rings. The highest BCUT2D eigenvalue weighted by atomic mass is 19.1. The summed E-state index contributed by atoms with van der Waals surface area (Å²) in [5.74, 6) is -1.32. The number of halogens is 1. The van der Waals surface area contributed by atoms with Gasteiger partial charge in [0, 0.05) is 32.5 Å². The Morgan fingerprint density at radius 2 is 2.03 bits per heavy atom. The Balaban J connectivity index is 1.77. The number of hydrogen-bond acceptors (Lipinski definition) is 7. The molecule has 1 aliphatic heterocycles. The van der Waals surface area contributed by atoms with Gasteiger partial charge in [-0.05, 0) is 25.5 Å². The van der Waals surface area contributed by atoms with Crippen LogP contribution >= 0.6 is 0 Å². The number of alkyl carbamates (subject to hydrolysis) is 1. The maximum absolute atomic E-state index is 13.7. The number of ether oxygens (including phenoxy) is 2. The van der Waals surface area contributed by atoms with E-state index in [-0.39, 0.29) is 63.2 Å². The molecular weight excluding hydrogens is 451 g/mol. The minimum atomic E-state index is -0.847. The van der Waals surface area contributed by atoms with Crippen LogP contribution in [0.4, 0.5) is 14.9 Å². The normalized spacial score (nSPS) is 15.8. The summed E-state index contributed by atoms with van der Waals surface area (Å²) >= 11 is 0. The second kappa shape index (κ2) is 13.1. The van der Waals surface area contributed by atoms with Crippen LogP contribution in [0.2, 0.25) is 0 Å². The van der Waals surface area contributed by atoms with Gasteiger partial charge in [-0.1, -0.05) is 0 Å². The molecule has 12 heteroatoms. The molecule has 2 atom stereocenters. The first-order valence-corrected chi connectivity index (χ1v) is 10.9. The summed E-state index contributed by atoms with van der Waals surface area (Å²) in [5.41, 5.74) is 0.268. The van der Waals surface area contributed by atoms with Crippen LogP contribution < -0.4 is 25.6 Å². The molecule has 0 radical (unpaired) electrons. The number of carbonyl (C=O) groups excluding carboxylic acids is 5. The molecule has 3 N–H and O–H groups in total. The third kappa shape index (κ3) is 8.34. The molecule has 0 aliphatic carbocycles. The van der Waals surface area contributed by atoms with E-state index in [1.165, 1.54) is 30.0 Å². The van der Waals surface area contributed by atoms with Crippen LogP contribution in [0.3, 0.4) is 0 Å². The molecule has 0 saturated carbocycles. The van der Waals surface area contributed by atoms with Crippen LogP contribution in [0.5, 0.6) is 5.75 Å². The Morgan fingerprint density at radius 1 is 1.29 bits per heavy atom. The molecule has 0 spiro atoms. The van der Waals surface area contributed by atoms with Crippen molar-refractivity contribution < 1.29 is 37.8 Å². The molecular formula is C22H29FN4O7. The summed E-state index contributed by atoms with van der Waals surface area (Å²) in [6.07, 6.45) is -0.123. The van der Waals surface area contributed by atoms with Gasteiger partial charge in [0.1, 0.15) is 36.6 Å². The molecule has 1 heterocycles. The first-order chi connectivity index (χ1) is 16.2. The third-order valence-electron chi connectivity index (χ3n) is 4.81. The van der Waals surface area contributed by atoms with Crippen molar-refractivity contribution >= 4 is 35.8 Å². The van der Waals surface area contributed by atoms with E-state index < -0.39 is 29.8 Å². The summed E-state index contributed by atoms with van der Waals surface area (Å²) < 4.78 is 24.5. The summed E-state index contributed by atoms with van der Waals surface area (Å²) in [7, 11) is 0. The fraction of sp³-hybridized carbons (Fsp3) is 0.500. The van der Waals surface area contributed by atoms with Crippen molar-refractivity contribution in [1.29, 1.82) is 0 Å². The number of nitrogens with one attached hydrogen (secondary N) is 3. The molecule has 0 saturated heterocycles. The van der Waals surface area contributed by atoms with E-state index in [1.807, 2.05) is 0 Å². The van der Waals surface area contributed by atoms with E-state index in [0.29, 0.717) is 12.0 Å². The largest absolute Gasteiger partial charge is 0.488 e. The summed E-state index contributed by atoms with van der Waals surface area (Å²) in [6.45, 7) is 2.97. The van der Waals surface area contributed by atoms with Gasteiger partial charge in [-0.25, -0.2) is 9.18 Å². The van der Waals surface area contributed by atoms with Gasteiger partial charge in [0.2, 0.25) is 17.7 Å². The van der Waals surface area contributed by atoms with Gasteiger partial charge in [0.25, 0.3) is 0 Å². The SMILES string of the molecule is CC(=O)NC(CCC=O)C(=O)NCCNC(=O)OCCN1C(=O)C[C@@H](C)Oc2ccc(F)cc21. The molecule has 2 rings (SSSR count). The quantitative estimate of drug-likeness (QED) is 0.312. The third-order valence-corrected chi connectivity index (χ3v) is 4.81. The molecule has 0 bridgehead atoms. The van der Waals surface area contributed by atoms with E-state index in [2.05, 4.69) is 16.0 Å². The zero-order valence-corrected chi connectivity index (χ0v) is 19.1. The van der Waals surface area contributed by atoms with Crippen molar-refractivity contribution in [2.75, 3.05) is 31.1 Å². The Bertz CT molecular complexity index is 911. The highest BCUT2D eigenvalue weighted by Gasteiger charge is 2.27. The van der Waals surface area contributed by atoms with Gasteiger partial charge >= 0.3 is 6.09 Å². The Hall–Kier alpha value is -3.70. The second-order valence-electron chi connectivity index (χ2n) is 7.64. The molecule has 1 unspecified atom stereocenters. The molecule has 11 nitrogen and oxygen atoms in total.